The van der Waals surface area contributed by atoms with Crippen LogP contribution in [0.5, 0.6) is 5.75 Å². The van der Waals surface area contributed by atoms with Gasteiger partial charge in [0, 0.05) is 37.3 Å². The number of carbonyl (C=O) groups is 1. The molecule has 1 aliphatic heterocycles. The largest absolute Gasteiger partial charge is 0.493 e. The number of aryl methyl sites for hydroxylation is 2. The van der Waals surface area contributed by atoms with Gasteiger partial charge < -0.3 is 14.8 Å². The number of benzene rings is 1. The van der Waals surface area contributed by atoms with Gasteiger partial charge in [0.15, 0.2) is 0 Å². The van der Waals surface area contributed by atoms with Crippen molar-refractivity contribution >= 4 is 11.6 Å². The van der Waals surface area contributed by atoms with Crippen molar-refractivity contribution in [1.82, 2.24) is 15.4 Å². The highest BCUT2D eigenvalue weighted by atomic mass is 16.5. The van der Waals surface area contributed by atoms with E-state index in [1.807, 2.05) is 25.1 Å². The van der Waals surface area contributed by atoms with Crippen LogP contribution in [0.1, 0.15) is 36.2 Å². The first-order valence-corrected chi connectivity index (χ1v) is 9.69. The number of rotatable bonds is 5. The van der Waals surface area contributed by atoms with E-state index in [0.717, 1.165) is 67.3 Å². The van der Waals surface area contributed by atoms with Crippen LogP contribution in [-0.2, 0) is 22.4 Å². The average Bonchev–Trinajstić information content (AvgIpc) is 3.17. The Hall–Kier alpha value is -2.41. The Balaban J connectivity index is 1.36. The molecule has 1 fully saturated rings. The molecular weight excluding hydrogens is 344 g/mol. The molecule has 0 spiro atoms. The van der Waals surface area contributed by atoms with Gasteiger partial charge in [0.05, 0.1) is 18.0 Å². The lowest BCUT2D eigenvalue weighted by Gasteiger charge is -2.23. The summed E-state index contributed by atoms with van der Waals surface area (Å²) in [5, 5.41) is 14.0. The van der Waals surface area contributed by atoms with E-state index in [9.17, 15) is 4.79 Å². The second-order valence-electron chi connectivity index (χ2n) is 7.49. The van der Waals surface area contributed by atoms with Crippen molar-refractivity contribution in [3.63, 3.8) is 0 Å². The summed E-state index contributed by atoms with van der Waals surface area (Å²) in [6.07, 6.45) is 4.31. The molecule has 1 aromatic carbocycles. The fourth-order valence-electron chi connectivity index (χ4n) is 3.71. The van der Waals surface area contributed by atoms with E-state index in [4.69, 9.17) is 9.47 Å². The summed E-state index contributed by atoms with van der Waals surface area (Å²) in [5.41, 5.74) is 3.74. The summed E-state index contributed by atoms with van der Waals surface area (Å²) in [6.45, 7) is 4.35. The van der Waals surface area contributed by atoms with E-state index in [1.54, 1.807) is 0 Å². The van der Waals surface area contributed by atoms with Crippen LogP contribution in [0.2, 0.25) is 0 Å². The maximum absolute atomic E-state index is 12.7. The van der Waals surface area contributed by atoms with Crippen LogP contribution in [0.25, 0.3) is 0 Å². The van der Waals surface area contributed by atoms with Crippen LogP contribution in [0.3, 0.4) is 0 Å². The number of aromatic nitrogens is 3. The molecule has 2 heterocycles. The van der Waals surface area contributed by atoms with E-state index in [-0.39, 0.29) is 11.8 Å². The number of ether oxygens (including phenoxy) is 2. The second-order valence-corrected chi connectivity index (χ2v) is 7.49. The van der Waals surface area contributed by atoms with Crippen molar-refractivity contribution in [2.75, 3.05) is 25.1 Å². The standard InChI is InChI=1S/C20H26N4O3/c1-13-2-4-16(11-19(13)27-12-14-6-8-26-9-7-14)21-20(25)15-3-5-17-18(10-15)23-24-22-17/h2,4,11,14-15H,3,5-10,12H2,1H3,(H,21,25)(H,22,23,24). The predicted molar refractivity (Wildman–Crippen MR) is 101 cm³/mol. The highest BCUT2D eigenvalue weighted by molar-refractivity contribution is 5.93. The SMILES string of the molecule is Cc1ccc(NC(=O)C2CCc3n[nH]nc3C2)cc1OCC1CCOCC1. The zero-order chi connectivity index (χ0) is 18.6. The van der Waals surface area contributed by atoms with Crippen LogP contribution in [0, 0.1) is 18.8 Å². The first kappa shape index (κ1) is 18.0. The van der Waals surface area contributed by atoms with Gasteiger partial charge in [-0.25, -0.2) is 0 Å². The van der Waals surface area contributed by atoms with Gasteiger partial charge in [0.1, 0.15) is 5.75 Å². The number of nitrogens with one attached hydrogen (secondary N) is 2. The van der Waals surface area contributed by atoms with Crippen LogP contribution in [0.15, 0.2) is 18.2 Å². The first-order valence-electron chi connectivity index (χ1n) is 9.69. The molecule has 1 unspecified atom stereocenters. The third kappa shape index (κ3) is 4.30. The van der Waals surface area contributed by atoms with Gasteiger partial charge in [-0.1, -0.05) is 6.07 Å². The lowest BCUT2D eigenvalue weighted by atomic mass is 9.89. The Morgan fingerprint density at radius 2 is 2.07 bits per heavy atom. The second kappa shape index (κ2) is 8.08. The van der Waals surface area contributed by atoms with Crippen molar-refractivity contribution in [3.8, 4) is 5.75 Å². The zero-order valence-electron chi connectivity index (χ0n) is 15.7. The van der Waals surface area contributed by atoms with Gasteiger partial charge in [0.2, 0.25) is 5.91 Å². The fraction of sp³-hybridized carbons (Fsp3) is 0.550. The number of aromatic amines is 1. The number of nitrogens with zero attached hydrogens (tertiary/aromatic N) is 2. The van der Waals surface area contributed by atoms with E-state index in [1.165, 1.54) is 0 Å². The van der Waals surface area contributed by atoms with Gasteiger partial charge in [-0.05, 0) is 50.2 Å². The molecule has 7 nitrogen and oxygen atoms in total. The monoisotopic (exact) mass is 370 g/mol. The molecule has 1 atom stereocenters. The molecule has 1 saturated heterocycles. The maximum atomic E-state index is 12.7. The normalized spacial score (nSPS) is 20.1. The molecule has 0 bridgehead atoms. The Kier molecular flexibility index (Phi) is 5.38. The average molecular weight is 370 g/mol. The number of fused-ring (bicyclic) bond motifs is 1. The van der Waals surface area contributed by atoms with Crippen LogP contribution in [0.4, 0.5) is 5.69 Å². The van der Waals surface area contributed by atoms with Gasteiger partial charge in [-0.15, -0.1) is 0 Å². The summed E-state index contributed by atoms with van der Waals surface area (Å²) in [4.78, 5) is 12.7. The molecule has 0 saturated carbocycles. The van der Waals surface area contributed by atoms with Gasteiger partial charge in [-0.2, -0.15) is 15.4 Å². The molecule has 2 aliphatic rings. The van der Waals surface area contributed by atoms with Gasteiger partial charge in [0.25, 0.3) is 0 Å². The number of anilines is 1. The number of amides is 1. The van der Waals surface area contributed by atoms with Crippen molar-refractivity contribution in [2.45, 2.75) is 39.0 Å². The molecule has 1 aliphatic carbocycles. The minimum absolute atomic E-state index is 0.0304. The van der Waals surface area contributed by atoms with E-state index < -0.39 is 0 Å². The summed E-state index contributed by atoms with van der Waals surface area (Å²) in [5.74, 6) is 1.33. The minimum atomic E-state index is -0.0736. The Morgan fingerprint density at radius 3 is 2.93 bits per heavy atom. The lowest BCUT2D eigenvalue weighted by molar-refractivity contribution is -0.120. The maximum Gasteiger partial charge on any atom is 0.227 e. The third-order valence-corrected chi connectivity index (χ3v) is 5.51. The molecule has 27 heavy (non-hydrogen) atoms. The number of hydrogen-bond donors (Lipinski definition) is 2. The summed E-state index contributed by atoms with van der Waals surface area (Å²) in [7, 11) is 0. The third-order valence-electron chi connectivity index (χ3n) is 5.51. The Morgan fingerprint density at radius 1 is 1.26 bits per heavy atom. The van der Waals surface area contributed by atoms with Crippen molar-refractivity contribution in [1.29, 1.82) is 0 Å². The zero-order valence-corrected chi connectivity index (χ0v) is 15.7. The highest BCUT2D eigenvalue weighted by Crippen LogP contribution is 2.27. The van der Waals surface area contributed by atoms with Crippen LogP contribution >= 0.6 is 0 Å². The summed E-state index contributed by atoms with van der Waals surface area (Å²) >= 11 is 0. The smallest absolute Gasteiger partial charge is 0.227 e. The van der Waals surface area contributed by atoms with E-state index >= 15 is 0 Å². The molecule has 1 aromatic heterocycles. The lowest BCUT2D eigenvalue weighted by Crippen LogP contribution is -2.28. The van der Waals surface area contributed by atoms with Crippen LogP contribution < -0.4 is 10.1 Å². The van der Waals surface area contributed by atoms with Crippen LogP contribution in [-0.4, -0.2) is 41.1 Å². The van der Waals surface area contributed by atoms with Gasteiger partial charge >= 0.3 is 0 Å². The van der Waals surface area contributed by atoms with Crippen molar-refractivity contribution < 1.29 is 14.3 Å². The fourth-order valence-corrected chi connectivity index (χ4v) is 3.71. The van der Waals surface area contributed by atoms with Crippen molar-refractivity contribution in [3.05, 3.63) is 35.2 Å². The molecule has 7 heteroatoms. The van der Waals surface area contributed by atoms with Crippen molar-refractivity contribution in [2.24, 2.45) is 11.8 Å². The summed E-state index contributed by atoms with van der Waals surface area (Å²) < 4.78 is 11.5. The Bertz CT molecular complexity index is 798. The molecule has 4 rings (SSSR count). The minimum Gasteiger partial charge on any atom is -0.493 e. The number of hydrogen-bond acceptors (Lipinski definition) is 5. The number of carbonyl (C=O) groups excluding carboxylic acids is 1. The Labute approximate surface area is 158 Å². The molecule has 2 N–H and O–H groups in total. The van der Waals surface area contributed by atoms with Gasteiger partial charge in [-0.3, -0.25) is 4.79 Å². The molecular formula is C20H26N4O3. The molecule has 0 radical (unpaired) electrons. The topological polar surface area (TPSA) is 89.1 Å². The first-order chi connectivity index (χ1) is 13.2. The number of H-pyrrole nitrogens is 1. The summed E-state index contributed by atoms with van der Waals surface area (Å²) in [6, 6.07) is 5.85. The predicted octanol–water partition coefficient (Wildman–Crippen LogP) is 2.66. The van der Waals surface area contributed by atoms with E-state index in [2.05, 4.69) is 20.7 Å². The molecule has 1 amide bonds. The quantitative estimate of drug-likeness (QED) is 0.845. The van der Waals surface area contributed by atoms with E-state index in [0.29, 0.717) is 18.9 Å². The molecule has 144 valence electrons. The molecule has 2 aromatic rings. The highest BCUT2D eigenvalue weighted by Gasteiger charge is 2.27.